The molecule has 1 aromatic carbocycles. The van der Waals surface area contributed by atoms with Crippen molar-refractivity contribution in [2.24, 2.45) is 0 Å². The highest BCUT2D eigenvalue weighted by molar-refractivity contribution is 5.24. The maximum atomic E-state index is 9.56. The van der Waals surface area contributed by atoms with Crippen molar-refractivity contribution in [3.05, 3.63) is 48.2 Å². The largest absolute Gasteiger partial charge is 0.505 e. The molecule has 0 radical (unpaired) electrons. The molecule has 0 saturated heterocycles. The Labute approximate surface area is 128 Å². The lowest BCUT2D eigenvalue weighted by Crippen LogP contribution is -2.30. The van der Waals surface area contributed by atoms with Crippen LogP contribution in [0.15, 0.2) is 42.7 Å². The fourth-order valence-electron chi connectivity index (χ4n) is 2.31. The quantitative estimate of drug-likeness (QED) is 0.475. The van der Waals surface area contributed by atoms with E-state index in [0.717, 1.165) is 44.3 Å². The molecule has 0 aliphatic rings. The summed E-state index contributed by atoms with van der Waals surface area (Å²) < 4.78 is 4.91. The van der Waals surface area contributed by atoms with Crippen molar-refractivity contribution < 1.29 is 4.74 Å². The standard InChI is InChI=1S/C18H26N2O/c1-3-4-13-20(14-9-6-10-15-21-2)18(16-19)17-11-7-5-8-12-17/h5,7-8,10-12,15,18H,3-4,6,9,13-14H2,1-2H3/b15-10+. The van der Waals surface area contributed by atoms with Gasteiger partial charge in [-0.3, -0.25) is 4.90 Å². The third kappa shape index (κ3) is 6.46. The highest BCUT2D eigenvalue weighted by atomic mass is 16.5. The lowest BCUT2D eigenvalue weighted by Gasteiger charge is -2.27. The van der Waals surface area contributed by atoms with Crippen LogP contribution < -0.4 is 0 Å². The summed E-state index contributed by atoms with van der Waals surface area (Å²) in [6.45, 7) is 4.09. The van der Waals surface area contributed by atoms with E-state index in [0.29, 0.717) is 0 Å². The van der Waals surface area contributed by atoms with Crippen LogP contribution in [0.3, 0.4) is 0 Å². The topological polar surface area (TPSA) is 36.3 Å². The van der Waals surface area contributed by atoms with E-state index >= 15 is 0 Å². The molecule has 0 bridgehead atoms. The molecule has 3 heteroatoms. The second kappa shape index (κ2) is 10.9. The van der Waals surface area contributed by atoms with Crippen LogP contribution >= 0.6 is 0 Å². The molecule has 1 unspecified atom stereocenters. The van der Waals surface area contributed by atoms with Gasteiger partial charge in [-0.05, 0) is 44.0 Å². The highest BCUT2D eigenvalue weighted by Crippen LogP contribution is 2.21. The molecule has 0 aliphatic heterocycles. The van der Waals surface area contributed by atoms with Crippen molar-refractivity contribution >= 4 is 0 Å². The second-order valence-electron chi connectivity index (χ2n) is 5.08. The van der Waals surface area contributed by atoms with Crippen LogP contribution in [0.25, 0.3) is 0 Å². The van der Waals surface area contributed by atoms with Crippen molar-refractivity contribution in [2.75, 3.05) is 20.2 Å². The molecule has 0 aliphatic carbocycles. The molecule has 114 valence electrons. The molecule has 1 atom stereocenters. The van der Waals surface area contributed by atoms with Gasteiger partial charge in [-0.1, -0.05) is 43.7 Å². The second-order valence-corrected chi connectivity index (χ2v) is 5.08. The average molecular weight is 286 g/mol. The summed E-state index contributed by atoms with van der Waals surface area (Å²) in [7, 11) is 1.66. The van der Waals surface area contributed by atoms with Crippen LogP contribution in [0.5, 0.6) is 0 Å². The maximum Gasteiger partial charge on any atom is 0.123 e. The minimum Gasteiger partial charge on any atom is -0.505 e. The van der Waals surface area contributed by atoms with Crippen molar-refractivity contribution in [3.63, 3.8) is 0 Å². The van der Waals surface area contributed by atoms with Crippen LogP contribution in [0.1, 0.15) is 44.2 Å². The number of allylic oxidation sites excluding steroid dienone is 1. The van der Waals surface area contributed by atoms with E-state index in [2.05, 4.69) is 17.9 Å². The Balaban J connectivity index is 2.65. The molecule has 1 aromatic rings. The predicted molar refractivity (Wildman–Crippen MR) is 86.7 cm³/mol. The molecule has 1 rings (SSSR count). The molecule has 3 nitrogen and oxygen atoms in total. The van der Waals surface area contributed by atoms with Gasteiger partial charge in [-0.15, -0.1) is 0 Å². The Bertz CT molecular complexity index is 436. The molecular weight excluding hydrogens is 260 g/mol. The van der Waals surface area contributed by atoms with Crippen molar-refractivity contribution in [1.29, 1.82) is 5.26 Å². The van der Waals surface area contributed by atoms with E-state index in [4.69, 9.17) is 4.74 Å². The van der Waals surface area contributed by atoms with Gasteiger partial charge in [0.25, 0.3) is 0 Å². The van der Waals surface area contributed by atoms with Crippen LogP contribution in [0.2, 0.25) is 0 Å². The summed E-state index contributed by atoms with van der Waals surface area (Å²) in [4.78, 5) is 2.29. The first kappa shape index (κ1) is 17.3. The van der Waals surface area contributed by atoms with Gasteiger partial charge in [0.2, 0.25) is 0 Å². The summed E-state index contributed by atoms with van der Waals surface area (Å²) >= 11 is 0. The van der Waals surface area contributed by atoms with Crippen LogP contribution in [0.4, 0.5) is 0 Å². The monoisotopic (exact) mass is 286 g/mol. The van der Waals surface area contributed by atoms with E-state index in [-0.39, 0.29) is 6.04 Å². The Hall–Kier alpha value is -1.79. The van der Waals surface area contributed by atoms with Crippen molar-refractivity contribution in [1.82, 2.24) is 4.90 Å². The summed E-state index contributed by atoms with van der Waals surface area (Å²) in [5, 5.41) is 9.56. The highest BCUT2D eigenvalue weighted by Gasteiger charge is 2.18. The number of hydrogen-bond acceptors (Lipinski definition) is 3. The van der Waals surface area contributed by atoms with E-state index in [1.54, 1.807) is 13.4 Å². The summed E-state index contributed by atoms with van der Waals surface area (Å²) in [6, 6.07) is 12.4. The minimum atomic E-state index is -0.149. The number of unbranched alkanes of at least 4 members (excludes halogenated alkanes) is 2. The van der Waals surface area contributed by atoms with Gasteiger partial charge < -0.3 is 4.74 Å². The zero-order valence-corrected chi connectivity index (χ0v) is 13.2. The van der Waals surface area contributed by atoms with Crippen molar-refractivity contribution in [2.45, 2.75) is 38.6 Å². The number of hydrogen-bond donors (Lipinski definition) is 0. The van der Waals surface area contributed by atoms with E-state index in [1.807, 2.05) is 36.4 Å². The zero-order valence-electron chi connectivity index (χ0n) is 13.2. The van der Waals surface area contributed by atoms with Gasteiger partial charge >= 0.3 is 0 Å². The molecule has 0 fully saturated rings. The average Bonchev–Trinajstić information content (AvgIpc) is 2.53. The third-order valence-electron chi connectivity index (χ3n) is 3.45. The minimum absolute atomic E-state index is 0.149. The molecule has 0 heterocycles. The Kier molecular flexibility index (Phi) is 8.99. The lowest BCUT2D eigenvalue weighted by atomic mass is 10.1. The molecule has 0 N–H and O–H groups in total. The first-order valence-electron chi connectivity index (χ1n) is 7.69. The molecule has 0 spiro atoms. The third-order valence-corrected chi connectivity index (χ3v) is 3.45. The van der Waals surface area contributed by atoms with E-state index < -0.39 is 0 Å². The molecule has 21 heavy (non-hydrogen) atoms. The van der Waals surface area contributed by atoms with Gasteiger partial charge in [0.05, 0.1) is 19.4 Å². The normalized spacial score (nSPS) is 12.5. The van der Waals surface area contributed by atoms with E-state index in [9.17, 15) is 5.26 Å². The number of rotatable bonds is 10. The van der Waals surface area contributed by atoms with Gasteiger partial charge in [-0.2, -0.15) is 5.26 Å². The van der Waals surface area contributed by atoms with Crippen LogP contribution in [-0.2, 0) is 4.74 Å². The number of benzene rings is 1. The summed E-state index contributed by atoms with van der Waals surface area (Å²) in [5.41, 5.74) is 1.09. The Morgan fingerprint density at radius 2 is 1.95 bits per heavy atom. The fourth-order valence-corrected chi connectivity index (χ4v) is 2.31. The van der Waals surface area contributed by atoms with Gasteiger partial charge in [0.1, 0.15) is 6.04 Å². The van der Waals surface area contributed by atoms with Gasteiger partial charge in [0.15, 0.2) is 0 Å². The first-order valence-corrected chi connectivity index (χ1v) is 7.69. The molecule has 0 aromatic heterocycles. The van der Waals surface area contributed by atoms with E-state index in [1.165, 1.54) is 0 Å². The van der Waals surface area contributed by atoms with Crippen LogP contribution in [-0.4, -0.2) is 25.1 Å². The van der Waals surface area contributed by atoms with Gasteiger partial charge in [0, 0.05) is 0 Å². The number of nitriles is 1. The molecule has 0 saturated carbocycles. The summed E-state index contributed by atoms with van der Waals surface area (Å²) in [5.74, 6) is 0. The number of nitrogens with zero attached hydrogens (tertiary/aromatic N) is 2. The predicted octanol–water partition coefficient (Wildman–Crippen LogP) is 4.29. The Morgan fingerprint density at radius 1 is 1.24 bits per heavy atom. The van der Waals surface area contributed by atoms with Crippen molar-refractivity contribution in [3.8, 4) is 6.07 Å². The number of ether oxygens (including phenoxy) is 1. The molecule has 0 amide bonds. The first-order chi connectivity index (χ1) is 10.3. The fraction of sp³-hybridized carbons (Fsp3) is 0.500. The zero-order chi connectivity index (χ0) is 15.3. The molecular formula is C18H26N2O. The number of methoxy groups -OCH3 is 1. The van der Waals surface area contributed by atoms with Gasteiger partial charge in [-0.25, -0.2) is 0 Å². The smallest absolute Gasteiger partial charge is 0.123 e. The maximum absolute atomic E-state index is 9.56. The Morgan fingerprint density at radius 3 is 2.57 bits per heavy atom. The summed E-state index contributed by atoms with van der Waals surface area (Å²) in [6.07, 6.45) is 8.03. The lowest BCUT2D eigenvalue weighted by molar-refractivity contribution is 0.229. The SMILES string of the molecule is CCCCN(CCC/C=C/OC)C(C#N)c1ccccc1. The van der Waals surface area contributed by atoms with Crippen LogP contribution in [0, 0.1) is 11.3 Å².